The van der Waals surface area contributed by atoms with Gasteiger partial charge in [-0.3, -0.25) is 0 Å². The van der Waals surface area contributed by atoms with Gasteiger partial charge in [0, 0.05) is 9.75 Å². The second-order valence-electron chi connectivity index (χ2n) is 2.36. The fourth-order valence-corrected chi connectivity index (χ4v) is 1.34. The second kappa shape index (κ2) is 10.7. The first-order chi connectivity index (χ1) is 5.70. The third-order valence-electron chi connectivity index (χ3n) is 0.875. The zero-order chi connectivity index (χ0) is 9.98. The van der Waals surface area contributed by atoms with E-state index in [-0.39, 0.29) is 0 Å². The van der Waals surface area contributed by atoms with E-state index in [0.717, 1.165) is 0 Å². The zero-order valence-corrected chi connectivity index (χ0v) is 10.1. The van der Waals surface area contributed by atoms with Crippen molar-refractivity contribution in [3.05, 3.63) is 21.9 Å². The van der Waals surface area contributed by atoms with E-state index in [4.69, 9.17) is 0 Å². The lowest BCUT2D eigenvalue weighted by Crippen LogP contribution is -1.44. The molecule has 12 heavy (non-hydrogen) atoms. The minimum absolute atomic E-state index is 1.25. The molecule has 1 heterocycles. The van der Waals surface area contributed by atoms with Crippen LogP contribution in [0.5, 0.6) is 0 Å². The first-order valence-corrected chi connectivity index (χ1v) is 5.55. The number of rotatable bonds is 0. The van der Waals surface area contributed by atoms with Crippen molar-refractivity contribution in [3.8, 4) is 0 Å². The molecule has 1 heteroatoms. The molecule has 0 aliphatic carbocycles. The van der Waals surface area contributed by atoms with Crippen LogP contribution < -0.4 is 0 Å². The van der Waals surface area contributed by atoms with Crippen molar-refractivity contribution in [1.29, 1.82) is 0 Å². The molecule has 0 fully saturated rings. The van der Waals surface area contributed by atoms with Crippen molar-refractivity contribution in [2.24, 2.45) is 0 Å². The van der Waals surface area contributed by atoms with Gasteiger partial charge < -0.3 is 0 Å². The maximum Gasteiger partial charge on any atom is 0.00170 e. The van der Waals surface area contributed by atoms with Crippen LogP contribution in [0.1, 0.15) is 43.9 Å². The van der Waals surface area contributed by atoms with E-state index in [2.05, 4.69) is 39.8 Å². The Bertz CT molecular complexity index is 149. The Morgan fingerprint density at radius 1 is 1.00 bits per heavy atom. The fraction of sp³-hybridized carbons (Fsp3) is 0.636. The quantitative estimate of drug-likeness (QED) is 0.545. The molecule has 0 N–H and O–H groups in total. The van der Waals surface area contributed by atoms with E-state index in [9.17, 15) is 0 Å². The minimum atomic E-state index is 1.25. The number of hydrogen-bond donors (Lipinski definition) is 0. The summed E-state index contributed by atoms with van der Waals surface area (Å²) >= 11 is 1.84. The molecule has 1 aromatic rings. The van der Waals surface area contributed by atoms with E-state index >= 15 is 0 Å². The van der Waals surface area contributed by atoms with Crippen molar-refractivity contribution in [2.75, 3.05) is 0 Å². The molecule has 0 atom stereocenters. The maximum absolute atomic E-state index is 2.14. The highest BCUT2D eigenvalue weighted by Crippen LogP contribution is 2.12. The van der Waals surface area contributed by atoms with E-state index in [1.165, 1.54) is 16.2 Å². The predicted octanol–water partition coefficient (Wildman–Crippen LogP) is 4.81. The number of thiophene rings is 1. The molecular weight excluding hydrogens is 164 g/mol. The molecule has 0 amide bonds. The summed E-state index contributed by atoms with van der Waals surface area (Å²) in [5, 5.41) is 0. The predicted molar refractivity (Wildman–Crippen MR) is 61.1 cm³/mol. The monoisotopic (exact) mass is 186 g/mol. The Morgan fingerprint density at radius 3 is 1.33 bits per heavy atom. The third-order valence-corrected chi connectivity index (χ3v) is 1.79. The van der Waals surface area contributed by atoms with Crippen molar-refractivity contribution >= 4 is 11.3 Å². The summed E-state index contributed by atoms with van der Waals surface area (Å²) in [6.45, 7) is 12.5. The summed E-state index contributed by atoms with van der Waals surface area (Å²) in [6.07, 6.45) is 1.25. The highest BCUT2D eigenvalue weighted by molar-refractivity contribution is 7.11. The average molecular weight is 186 g/mol. The Labute approximate surface area is 81.6 Å². The van der Waals surface area contributed by atoms with Gasteiger partial charge in [-0.05, 0) is 26.0 Å². The standard InChI is InChI=1S/C6H8S.C3H8.C2H6/c1-5-3-4-6(2)7-5;1-3-2;1-2/h3-4H,1-2H3;3H2,1-2H3;1-2H3. The van der Waals surface area contributed by atoms with Crippen LogP contribution in [-0.2, 0) is 0 Å². The van der Waals surface area contributed by atoms with Gasteiger partial charge in [-0.25, -0.2) is 0 Å². The highest BCUT2D eigenvalue weighted by Gasteiger charge is 1.84. The summed E-state index contributed by atoms with van der Waals surface area (Å²) in [5.74, 6) is 0. The molecule has 0 radical (unpaired) electrons. The van der Waals surface area contributed by atoms with Crippen LogP contribution in [0.15, 0.2) is 12.1 Å². The van der Waals surface area contributed by atoms with Gasteiger partial charge in [0.25, 0.3) is 0 Å². The van der Waals surface area contributed by atoms with Crippen molar-refractivity contribution in [1.82, 2.24) is 0 Å². The van der Waals surface area contributed by atoms with Gasteiger partial charge >= 0.3 is 0 Å². The van der Waals surface area contributed by atoms with Gasteiger partial charge in [-0.1, -0.05) is 34.1 Å². The van der Waals surface area contributed by atoms with Gasteiger partial charge in [0.15, 0.2) is 0 Å². The zero-order valence-electron chi connectivity index (χ0n) is 9.27. The van der Waals surface area contributed by atoms with Crippen LogP contribution in [0, 0.1) is 13.8 Å². The van der Waals surface area contributed by atoms with E-state index in [0.29, 0.717) is 0 Å². The summed E-state index contributed by atoms with van der Waals surface area (Å²) in [5.41, 5.74) is 0. The number of hydrogen-bond acceptors (Lipinski definition) is 1. The normalized spacial score (nSPS) is 7.50. The van der Waals surface area contributed by atoms with Gasteiger partial charge in [0.2, 0.25) is 0 Å². The molecule has 0 saturated heterocycles. The van der Waals surface area contributed by atoms with Gasteiger partial charge in [-0.15, -0.1) is 11.3 Å². The van der Waals surface area contributed by atoms with Crippen LogP contribution in [0.25, 0.3) is 0 Å². The largest absolute Gasteiger partial charge is 0.146 e. The molecule has 72 valence electrons. The second-order valence-corrected chi connectivity index (χ2v) is 3.86. The molecule has 0 aliphatic heterocycles. The lowest BCUT2D eigenvalue weighted by atomic mass is 10.5. The SMILES string of the molecule is CC.CCC.Cc1ccc(C)s1. The Hall–Kier alpha value is -0.300. The molecular formula is C11H22S. The minimum Gasteiger partial charge on any atom is -0.146 e. The molecule has 0 aromatic carbocycles. The maximum atomic E-state index is 2.14. The van der Waals surface area contributed by atoms with Gasteiger partial charge in [-0.2, -0.15) is 0 Å². The van der Waals surface area contributed by atoms with Crippen LogP contribution >= 0.6 is 11.3 Å². The molecule has 1 rings (SSSR count). The Morgan fingerprint density at radius 2 is 1.25 bits per heavy atom. The fourth-order valence-electron chi connectivity index (χ4n) is 0.557. The molecule has 0 saturated carbocycles. The summed E-state index contributed by atoms with van der Waals surface area (Å²) < 4.78 is 0. The highest BCUT2D eigenvalue weighted by atomic mass is 32.1. The summed E-state index contributed by atoms with van der Waals surface area (Å²) in [6, 6.07) is 4.28. The average Bonchev–Trinajstić information content (AvgIpc) is 2.40. The van der Waals surface area contributed by atoms with Crippen molar-refractivity contribution in [3.63, 3.8) is 0 Å². The van der Waals surface area contributed by atoms with Crippen LogP contribution in [-0.4, -0.2) is 0 Å². The first-order valence-electron chi connectivity index (χ1n) is 4.73. The third kappa shape index (κ3) is 9.70. The van der Waals surface area contributed by atoms with E-state index in [1.54, 1.807) is 0 Å². The lowest BCUT2D eigenvalue weighted by molar-refractivity contribution is 1.09. The molecule has 0 aliphatic rings. The van der Waals surface area contributed by atoms with Crippen molar-refractivity contribution < 1.29 is 0 Å². The van der Waals surface area contributed by atoms with Gasteiger partial charge in [0.1, 0.15) is 0 Å². The molecule has 0 spiro atoms. The summed E-state index contributed by atoms with van der Waals surface area (Å²) in [7, 11) is 0. The molecule has 1 aromatic heterocycles. The molecule has 0 nitrogen and oxygen atoms in total. The van der Waals surface area contributed by atoms with Gasteiger partial charge in [0.05, 0.1) is 0 Å². The molecule has 0 bridgehead atoms. The van der Waals surface area contributed by atoms with Crippen LogP contribution in [0.3, 0.4) is 0 Å². The summed E-state index contributed by atoms with van der Waals surface area (Å²) in [4.78, 5) is 2.80. The van der Waals surface area contributed by atoms with E-state index < -0.39 is 0 Å². The van der Waals surface area contributed by atoms with Crippen LogP contribution in [0.4, 0.5) is 0 Å². The number of aryl methyl sites for hydroxylation is 2. The van der Waals surface area contributed by atoms with E-state index in [1.807, 2.05) is 25.2 Å². The van der Waals surface area contributed by atoms with Crippen molar-refractivity contribution in [2.45, 2.75) is 48.0 Å². The topological polar surface area (TPSA) is 0 Å². The lowest BCUT2D eigenvalue weighted by Gasteiger charge is -1.71. The van der Waals surface area contributed by atoms with Crippen LogP contribution in [0.2, 0.25) is 0 Å². The molecule has 0 unspecified atom stereocenters. The Balaban J connectivity index is 0. The first kappa shape index (κ1) is 14.2. The Kier molecular flexibility index (Phi) is 12.7. The smallest absolute Gasteiger partial charge is 0.00170 e.